The highest BCUT2D eigenvalue weighted by Gasteiger charge is 2.38. The average molecular weight is 669 g/mol. The number of ether oxygens (including phenoxy) is 1. The van der Waals surface area contributed by atoms with E-state index in [0.29, 0.717) is 17.8 Å². The highest BCUT2D eigenvalue weighted by atomic mass is 32.2. The van der Waals surface area contributed by atoms with Crippen LogP contribution in [0.2, 0.25) is 0 Å². The summed E-state index contributed by atoms with van der Waals surface area (Å²) in [6, 6.07) is 43.8. The van der Waals surface area contributed by atoms with Crippen LogP contribution in [0.25, 0.3) is 0 Å². The molecule has 0 radical (unpaired) electrons. The molecule has 0 spiro atoms. The van der Waals surface area contributed by atoms with Crippen molar-refractivity contribution < 1.29 is 17.9 Å². The van der Waals surface area contributed by atoms with Crippen LogP contribution >= 0.6 is 0 Å². The van der Waals surface area contributed by atoms with Gasteiger partial charge in [0.1, 0.15) is 12.1 Å². The van der Waals surface area contributed by atoms with Gasteiger partial charge in [-0.25, -0.2) is 18.2 Å². The Bertz CT molecular complexity index is 2070. The summed E-state index contributed by atoms with van der Waals surface area (Å²) in [4.78, 5) is 20.1. The number of amides is 1. The van der Waals surface area contributed by atoms with Crippen molar-refractivity contribution >= 4 is 27.3 Å². The summed E-state index contributed by atoms with van der Waals surface area (Å²) in [5, 5.41) is 2.84. The maximum absolute atomic E-state index is 12.7. The van der Waals surface area contributed by atoms with E-state index in [1.165, 1.54) is 17.7 Å². The second-order valence-electron chi connectivity index (χ2n) is 12.2. The second kappa shape index (κ2) is 13.4. The quantitative estimate of drug-likeness (QED) is 0.153. The first-order chi connectivity index (χ1) is 23.8. The molecule has 7 rings (SSSR count). The van der Waals surface area contributed by atoms with Crippen LogP contribution in [0.4, 0.5) is 16.2 Å². The lowest BCUT2D eigenvalue weighted by Crippen LogP contribution is -2.37. The molecule has 9 heteroatoms. The van der Waals surface area contributed by atoms with E-state index in [0.717, 1.165) is 47.3 Å². The van der Waals surface area contributed by atoms with E-state index in [1.807, 2.05) is 42.7 Å². The molecule has 1 amide bonds. The molecule has 0 saturated carbocycles. The lowest BCUT2D eigenvalue weighted by atomic mass is 9.77. The minimum atomic E-state index is -3.29. The number of hydrogen-bond donors (Lipinski definition) is 1. The number of rotatable bonds is 10. The van der Waals surface area contributed by atoms with Crippen molar-refractivity contribution in [3.8, 4) is 0 Å². The van der Waals surface area contributed by atoms with Crippen molar-refractivity contribution in [2.75, 3.05) is 23.0 Å². The summed E-state index contributed by atoms with van der Waals surface area (Å²) >= 11 is 0. The number of carbonyl (C=O) groups excluding carboxylic acids is 1. The van der Waals surface area contributed by atoms with Crippen LogP contribution in [0.3, 0.4) is 0 Å². The van der Waals surface area contributed by atoms with Gasteiger partial charge in [0.05, 0.1) is 23.5 Å². The second-order valence-corrected chi connectivity index (χ2v) is 14.2. The molecule has 1 aliphatic rings. The molecule has 0 saturated heterocycles. The van der Waals surface area contributed by atoms with Gasteiger partial charge in [-0.1, -0.05) is 109 Å². The van der Waals surface area contributed by atoms with Crippen LogP contribution in [0.1, 0.15) is 33.5 Å². The van der Waals surface area contributed by atoms with Gasteiger partial charge in [-0.15, -0.1) is 0 Å². The van der Waals surface area contributed by atoms with E-state index in [-0.39, 0.29) is 11.5 Å². The molecule has 5 aromatic carbocycles. The molecule has 0 fully saturated rings. The van der Waals surface area contributed by atoms with Crippen molar-refractivity contribution in [1.29, 1.82) is 0 Å². The van der Waals surface area contributed by atoms with E-state index >= 15 is 0 Å². The Hall–Kier alpha value is -5.67. The third kappa shape index (κ3) is 6.58. The summed E-state index contributed by atoms with van der Waals surface area (Å²) in [5.41, 5.74) is 7.28. The molecule has 1 aromatic heterocycles. The van der Waals surface area contributed by atoms with Crippen molar-refractivity contribution in [3.05, 3.63) is 179 Å². The number of aromatic nitrogens is 2. The third-order valence-electron chi connectivity index (χ3n) is 9.00. The summed E-state index contributed by atoms with van der Waals surface area (Å²) in [6.45, 7) is 1.46. The summed E-state index contributed by atoms with van der Waals surface area (Å²) < 4.78 is 31.1. The normalized spacial score (nSPS) is 12.8. The van der Waals surface area contributed by atoms with E-state index in [1.54, 1.807) is 12.1 Å². The third-order valence-corrected chi connectivity index (χ3v) is 10.1. The standard InChI is InChI=1S/C40H36N4O4S/c1-49(46,47)37-21-17-30(18-22-37)28-48-39(45)42-35-20-19-31-23-24-43(38(31)25-35)26-36-27-44(29-41-36)40(32-11-5-2-6-12-32,33-13-7-3-8-14-33)34-15-9-4-10-16-34/h2-22,25,27,29H,23-24,26,28H2,1H3,(H,42,45). The summed E-state index contributed by atoms with van der Waals surface area (Å²) in [7, 11) is -3.29. The molecule has 8 nitrogen and oxygen atoms in total. The van der Waals surface area contributed by atoms with Gasteiger partial charge < -0.3 is 14.2 Å². The van der Waals surface area contributed by atoms with Crippen LogP contribution in [-0.4, -0.2) is 36.9 Å². The minimum Gasteiger partial charge on any atom is -0.444 e. The molecule has 0 bridgehead atoms. The smallest absolute Gasteiger partial charge is 0.411 e. The largest absolute Gasteiger partial charge is 0.444 e. The first-order valence-corrected chi connectivity index (χ1v) is 18.0. The molecule has 6 aromatic rings. The van der Waals surface area contributed by atoms with Crippen molar-refractivity contribution in [2.45, 2.75) is 30.0 Å². The number of fused-ring (bicyclic) bond motifs is 1. The van der Waals surface area contributed by atoms with Crippen molar-refractivity contribution in [2.24, 2.45) is 0 Å². The number of nitrogens with zero attached hydrogens (tertiary/aromatic N) is 3. The van der Waals surface area contributed by atoms with E-state index in [9.17, 15) is 13.2 Å². The van der Waals surface area contributed by atoms with Crippen molar-refractivity contribution in [3.63, 3.8) is 0 Å². The lowest BCUT2D eigenvalue weighted by molar-refractivity contribution is 0.155. The molecule has 49 heavy (non-hydrogen) atoms. The van der Waals surface area contributed by atoms with Crippen LogP contribution in [0.15, 0.2) is 151 Å². The van der Waals surface area contributed by atoms with E-state index < -0.39 is 21.5 Å². The first-order valence-electron chi connectivity index (χ1n) is 16.1. The monoisotopic (exact) mass is 668 g/mol. The van der Waals surface area contributed by atoms with Gasteiger partial charge in [0.25, 0.3) is 0 Å². The molecular weight excluding hydrogens is 633 g/mol. The molecular formula is C40H36N4O4S. The molecule has 0 atom stereocenters. The Morgan fingerprint density at radius 1 is 0.816 bits per heavy atom. The number of benzene rings is 5. The van der Waals surface area contributed by atoms with Gasteiger partial charge in [0.15, 0.2) is 9.84 Å². The van der Waals surface area contributed by atoms with Gasteiger partial charge in [-0.2, -0.15) is 0 Å². The zero-order valence-corrected chi connectivity index (χ0v) is 27.9. The fraction of sp³-hybridized carbons (Fsp3) is 0.150. The topological polar surface area (TPSA) is 93.5 Å². The Labute approximate surface area is 286 Å². The maximum atomic E-state index is 12.7. The van der Waals surface area contributed by atoms with Crippen molar-refractivity contribution in [1.82, 2.24) is 9.55 Å². The van der Waals surface area contributed by atoms with Gasteiger partial charge in [0.2, 0.25) is 0 Å². The SMILES string of the molecule is CS(=O)(=O)c1ccc(COC(=O)Nc2ccc3c(c2)N(Cc2cn(C(c4ccccc4)(c4ccccc4)c4ccccc4)cn2)CC3)cc1. The summed E-state index contributed by atoms with van der Waals surface area (Å²) in [6.07, 6.45) is 5.54. The molecule has 1 N–H and O–H groups in total. The van der Waals surface area contributed by atoms with E-state index in [4.69, 9.17) is 9.72 Å². The fourth-order valence-corrected chi connectivity index (χ4v) is 7.26. The maximum Gasteiger partial charge on any atom is 0.411 e. The number of nitrogens with one attached hydrogen (secondary N) is 1. The molecule has 1 aliphatic heterocycles. The Morgan fingerprint density at radius 2 is 1.41 bits per heavy atom. The van der Waals surface area contributed by atoms with Crippen LogP contribution in [0.5, 0.6) is 0 Å². The highest BCUT2D eigenvalue weighted by Crippen LogP contribution is 2.41. The molecule has 0 aliphatic carbocycles. The highest BCUT2D eigenvalue weighted by molar-refractivity contribution is 7.90. The summed E-state index contributed by atoms with van der Waals surface area (Å²) in [5.74, 6) is 0. The van der Waals surface area contributed by atoms with Crippen LogP contribution in [-0.2, 0) is 39.7 Å². The average Bonchev–Trinajstić information content (AvgIpc) is 3.76. The molecule has 0 unspecified atom stereocenters. The number of sulfone groups is 1. The molecule has 2 heterocycles. The fourth-order valence-electron chi connectivity index (χ4n) is 6.63. The Morgan fingerprint density at radius 3 is 1.98 bits per heavy atom. The van der Waals surface area contributed by atoms with Gasteiger partial charge in [0, 0.05) is 30.4 Å². The zero-order valence-electron chi connectivity index (χ0n) is 27.1. The molecule has 246 valence electrons. The minimum absolute atomic E-state index is 0.0199. The number of carbonyl (C=O) groups is 1. The number of hydrogen-bond acceptors (Lipinski definition) is 6. The predicted molar refractivity (Wildman–Crippen MR) is 191 cm³/mol. The van der Waals surface area contributed by atoms with Gasteiger partial charge in [-0.3, -0.25) is 5.32 Å². The van der Waals surface area contributed by atoms with Crippen LogP contribution in [0, 0.1) is 0 Å². The number of anilines is 2. The lowest BCUT2D eigenvalue weighted by Gasteiger charge is -2.37. The first kappa shape index (κ1) is 31.9. The number of imidazole rings is 1. The predicted octanol–water partition coefficient (Wildman–Crippen LogP) is 7.44. The van der Waals surface area contributed by atoms with Gasteiger partial charge >= 0.3 is 6.09 Å². The van der Waals surface area contributed by atoms with Gasteiger partial charge in [-0.05, 0) is 58.5 Å². The Kier molecular flexibility index (Phi) is 8.76. The zero-order chi connectivity index (χ0) is 33.8. The van der Waals surface area contributed by atoms with Crippen LogP contribution < -0.4 is 10.2 Å². The van der Waals surface area contributed by atoms with E-state index in [2.05, 4.69) is 93.8 Å². The Balaban J connectivity index is 1.11.